The summed E-state index contributed by atoms with van der Waals surface area (Å²) in [4.78, 5) is 0. The maximum Gasteiger partial charge on any atom is 1.00 e. The van der Waals surface area contributed by atoms with Gasteiger partial charge < -0.3 is 17.5 Å². The zero-order valence-corrected chi connectivity index (χ0v) is 7.70. The van der Waals surface area contributed by atoms with Crippen molar-refractivity contribution < 1.29 is 47.1 Å². The Hall–Kier alpha value is 1.25. The first-order valence-corrected chi connectivity index (χ1v) is 2.02. The van der Waals surface area contributed by atoms with Gasteiger partial charge >= 0.3 is 29.6 Å². The number of rotatable bonds is 2. The predicted octanol–water partition coefficient (Wildman–Crippen LogP) is -5.21. The summed E-state index contributed by atoms with van der Waals surface area (Å²) in [5.41, 5.74) is 0. The fourth-order valence-corrected chi connectivity index (χ4v) is 0.158. The molecule has 0 amide bonds. The fourth-order valence-electron chi connectivity index (χ4n) is 0.158. The number of halogens is 1. The average Bonchev–Trinajstić information content (AvgIpc) is 1.41. The van der Waals surface area contributed by atoms with Crippen LogP contribution in [0.3, 0.4) is 0 Å². The monoisotopic (exact) mass is 132 g/mol. The van der Waals surface area contributed by atoms with Crippen molar-refractivity contribution in [1.29, 1.82) is 0 Å². The van der Waals surface area contributed by atoms with Crippen molar-refractivity contribution >= 4 is 0 Å². The van der Waals surface area contributed by atoms with E-state index < -0.39 is 0 Å². The zero-order chi connectivity index (χ0) is 4.12. The molecule has 0 fully saturated rings. The largest absolute Gasteiger partial charge is 1.00 e. The molecule has 0 aliphatic carbocycles. The minimum atomic E-state index is 0. The van der Waals surface area contributed by atoms with E-state index in [-0.39, 0.29) is 42.0 Å². The van der Waals surface area contributed by atoms with E-state index in [9.17, 15) is 0 Å². The first kappa shape index (κ1) is 15.7. The van der Waals surface area contributed by atoms with Gasteiger partial charge in [-0.2, -0.15) is 0 Å². The fraction of sp³-hybridized carbons (Fsp3) is 1.00. The molecule has 0 aromatic carbocycles. The molecule has 0 spiro atoms. The molecule has 1 nitrogen and oxygen atoms in total. The molecule has 40 valence electrons. The third-order valence-electron chi connectivity index (χ3n) is 0.512. The molecule has 0 saturated carbocycles. The van der Waals surface area contributed by atoms with E-state index in [1.54, 1.807) is 0 Å². The summed E-state index contributed by atoms with van der Waals surface area (Å²) in [5.74, 6) is 0. The van der Waals surface area contributed by atoms with Gasteiger partial charge in [0.1, 0.15) is 0 Å². The molecule has 0 radical (unpaired) electrons. The smallest absolute Gasteiger partial charge is 1.00 e. The van der Waals surface area contributed by atoms with Gasteiger partial charge in [-0.1, -0.05) is 13.3 Å². The maximum absolute atomic E-state index is 8.07. The van der Waals surface area contributed by atoms with E-state index in [1.165, 1.54) is 0 Å². The summed E-state index contributed by atoms with van der Waals surface area (Å²) in [6.45, 7) is 2.40. The Kier molecular flexibility index (Phi) is 35.2. The molecule has 0 aromatic rings. The van der Waals surface area contributed by atoms with Crippen LogP contribution in [0.5, 0.6) is 0 Å². The van der Waals surface area contributed by atoms with E-state index >= 15 is 0 Å². The zero-order valence-electron chi connectivity index (χ0n) is 4.95. The molecule has 0 saturated heterocycles. The van der Waals surface area contributed by atoms with Gasteiger partial charge in [0.25, 0.3) is 0 Å². The van der Waals surface area contributed by atoms with Crippen LogP contribution in [0.2, 0.25) is 0 Å². The SMILES string of the molecule is CCCCO.[Cl-].[Na+]. The third kappa shape index (κ3) is 18.9. The van der Waals surface area contributed by atoms with Crippen LogP contribution in [0.25, 0.3) is 0 Å². The van der Waals surface area contributed by atoms with Crippen LogP contribution >= 0.6 is 0 Å². The number of aliphatic hydroxyl groups excluding tert-OH is 1. The quantitative estimate of drug-likeness (QED) is 0.373. The summed E-state index contributed by atoms with van der Waals surface area (Å²) >= 11 is 0. The van der Waals surface area contributed by atoms with Crippen molar-refractivity contribution in [2.75, 3.05) is 6.61 Å². The molecule has 0 atom stereocenters. The van der Waals surface area contributed by atoms with Crippen LogP contribution in [0, 0.1) is 0 Å². The van der Waals surface area contributed by atoms with Crippen molar-refractivity contribution in [3.8, 4) is 0 Å². The molecule has 0 bridgehead atoms. The van der Waals surface area contributed by atoms with E-state index in [2.05, 4.69) is 6.92 Å². The Balaban J connectivity index is -0.0000000800. The first-order valence-electron chi connectivity index (χ1n) is 2.02. The van der Waals surface area contributed by atoms with Crippen molar-refractivity contribution in [3.05, 3.63) is 0 Å². The average molecular weight is 133 g/mol. The van der Waals surface area contributed by atoms with Crippen molar-refractivity contribution in [2.24, 2.45) is 0 Å². The second kappa shape index (κ2) is 15.7. The van der Waals surface area contributed by atoms with Crippen LogP contribution in [-0.2, 0) is 0 Å². The molecule has 0 aliphatic heterocycles. The molecule has 0 aromatic heterocycles. The molecule has 0 aliphatic rings. The number of hydrogen-bond donors (Lipinski definition) is 1. The minimum Gasteiger partial charge on any atom is -1.00 e. The molecular weight excluding hydrogens is 122 g/mol. The maximum atomic E-state index is 8.07. The van der Waals surface area contributed by atoms with Crippen LogP contribution in [0.4, 0.5) is 0 Å². The standard InChI is InChI=1S/C4H10O.ClH.Na/c1-2-3-4-5;;/h5H,2-4H2,1H3;1H;/q;;+1/p-1. The summed E-state index contributed by atoms with van der Waals surface area (Å²) in [6.07, 6.45) is 2.04. The molecule has 7 heavy (non-hydrogen) atoms. The van der Waals surface area contributed by atoms with Gasteiger partial charge in [0.05, 0.1) is 0 Å². The third-order valence-corrected chi connectivity index (χ3v) is 0.512. The summed E-state index contributed by atoms with van der Waals surface area (Å²) < 4.78 is 0. The topological polar surface area (TPSA) is 20.2 Å². The second-order valence-corrected chi connectivity index (χ2v) is 1.08. The van der Waals surface area contributed by atoms with E-state index in [0.29, 0.717) is 6.61 Å². The molecular formula is C4H10ClNaO. The van der Waals surface area contributed by atoms with Crippen LogP contribution in [0.15, 0.2) is 0 Å². The Morgan fingerprint density at radius 2 is 1.86 bits per heavy atom. The molecule has 0 unspecified atom stereocenters. The van der Waals surface area contributed by atoms with Gasteiger partial charge in [-0.3, -0.25) is 0 Å². The van der Waals surface area contributed by atoms with Crippen molar-refractivity contribution in [2.45, 2.75) is 19.8 Å². The van der Waals surface area contributed by atoms with Gasteiger partial charge in [-0.25, -0.2) is 0 Å². The van der Waals surface area contributed by atoms with Crippen LogP contribution in [0.1, 0.15) is 19.8 Å². The number of unbranched alkanes of at least 4 members (excludes halogenated alkanes) is 1. The van der Waals surface area contributed by atoms with Crippen molar-refractivity contribution in [1.82, 2.24) is 0 Å². The van der Waals surface area contributed by atoms with Gasteiger partial charge in [0.15, 0.2) is 0 Å². The van der Waals surface area contributed by atoms with E-state index in [0.717, 1.165) is 12.8 Å². The van der Waals surface area contributed by atoms with E-state index in [1.807, 2.05) is 0 Å². The van der Waals surface area contributed by atoms with Gasteiger partial charge in [0.2, 0.25) is 0 Å². The summed E-state index contributed by atoms with van der Waals surface area (Å²) in [5, 5.41) is 8.07. The van der Waals surface area contributed by atoms with Crippen LogP contribution < -0.4 is 42.0 Å². The minimum absolute atomic E-state index is 0. The normalized spacial score (nSPS) is 6.00. The van der Waals surface area contributed by atoms with E-state index in [4.69, 9.17) is 5.11 Å². The second-order valence-electron chi connectivity index (χ2n) is 1.08. The van der Waals surface area contributed by atoms with Crippen LogP contribution in [-0.4, -0.2) is 11.7 Å². The Morgan fingerprint density at radius 3 is 1.86 bits per heavy atom. The Bertz CT molecular complexity index is 19.2. The van der Waals surface area contributed by atoms with Gasteiger partial charge in [-0.05, 0) is 6.42 Å². The molecule has 0 rings (SSSR count). The molecule has 0 heterocycles. The Morgan fingerprint density at radius 1 is 1.43 bits per heavy atom. The summed E-state index contributed by atoms with van der Waals surface area (Å²) in [6, 6.07) is 0. The molecule has 3 heteroatoms. The first-order chi connectivity index (χ1) is 2.41. The Labute approximate surface area is 73.2 Å². The number of hydrogen-bond acceptors (Lipinski definition) is 1. The predicted molar refractivity (Wildman–Crippen MR) is 22.0 cm³/mol. The summed E-state index contributed by atoms with van der Waals surface area (Å²) in [7, 11) is 0. The van der Waals surface area contributed by atoms with Gasteiger partial charge in [-0.15, -0.1) is 0 Å². The van der Waals surface area contributed by atoms with Gasteiger partial charge in [0, 0.05) is 6.61 Å². The van der Waals surface area contributed by atoms with Crippen molar-refractivity contribution in [3.63, 3.8) is 0 Å². The molecule has 1 N–H and O–H groups in total. The number of aliphatic hydroxyl groups is 1.